The van der Waals surface area contributed by atoms with E-state index in [2.05, 4.69) is 32.0 Å². The van der Waals surface area contributed by atoms with Crippen molar-refractivity contribution in [3.63, 3.8) is 0 Å². The predicted molar refractivity (Wildman–Crippen MR) is 127 cm³/mol. The van der Waals surface area contributed by atoms with Gasteiger partial charge in [0, 0.05) is 49.5 Å². The molecule has 1 aromatic heterocycles. The molecule has 3 N–H and O–H groups in total. The second-order valence-corrected chi connectivity index (χ2v) is 8.44. The van der Waals surface area contributed by atoms with Gasteiger partial charge in [-0.05, 0) is 66.5 Å². The highest BCUT2D eigenvalue weighted by atomic mass is 35.5. The number of anilines is 3. The van der Waals surface area contributed by atoms with Gasteiger partial charge in [0.2, 0.25) is 5.28 Å². The predicted octanol–water partition coefficient (Wildman–Crippen LogP) is 4.68. The molecule has 4 rings (SSSR count). The van der Waals surface area contributed by atoms with Gasteiger partial charge in [0.1, 0.15) is 5.82 Å². The number of rotatable bonds is 6. The zero-order valence-electron chi connectivity index (χ0n) is 18.3. The van der Waals surface area contributed by atoms with Gasteiger partial charge >= 0.3 is 6.18 Å². The maximum absolute atomic E-state index is 13.1. The monoisotopic (exact) mass is 478 g/mol. The summed E-state index contributed by atoms with van der Waals surface area (Å²) < 4.78 is 39.2. The Morgan fingerprint density at radius 3 is 2.52 bits per heavy atom. The van der Waals surface area contributed by atoms with Gasteiger partial charge in [-0.3, -0.25) is 0 Å². The van der Waals surface area contributed by atoms with Gasteiger partial charge < -0.3 is 20.9 Å². The lowest BCUT2D eigenvalue weighted by Gasteiger charge is -2.35. The fraction of sp³-hybridized carbons (Fsp3) is 0.391. The van der Waals surface area contributed by atoms with Crippen LogP contribution in [0.3, 0.4) is 0 Å². The van der Waals surface area contributed by atoms with E-state index in [0.29, 0.717) is 29.9 Å². The second-order valence-electron chi connectivity index (χ2n) is 8.10. The largest absolute Gasteiger partial charge is 0.416 e. The fourth-order valence-corrected chi connectivity index (χ4v) is 4.27. The highest BCUT2D eigenvalue weighted by Gasteiger charge is 2.31. The maximum Gasteiger partial charge on any atom is 0.416 e. The summed E-state index contributed by atoms with van der Waals surface area (Å²) in [5.41, 5.74) is 7.29. The molecule has 1 aliphatic rings. The molecule has 2 heterocycles. The van der Waals surface area contributed by atoms with Gasteiger partial charge in [-0.15, -0.1) is 0 Å². The third-order valence-electron chi connectivity index (χ3n) is 5.89. The average Bonchev–Trinajstić information content (AvgIpc) is 2.78. The van der Waals surface area contributed by atoms with E-state index in [1.165, 1.54) is 0 Å². The number of nitrogens with two attached hydrogens (primary N) is 1. The van der Waals surface area contributed by atoms with Gasteiger partial charge in [-0.2, -0.15) is 13.2 Å². The van der Waals surface area contributed by atoms with Crippen LogP contribution in [-0.4, -0.2) is 54.1 Å². The number of piperazine rings is 1. The molecule has 0 spiro atoms. The first-order valence-corrected chi connectivity index (χ1v) is 11.3. The van der Waals surface area contributed by atoms with Crippen LogP contribution in [-0.2, 0) is 12.6 Å². The van der Waals surface area contributed by atoms with Crippen LogP contribution in [0.5, 0.6) is 0 Å². The van der Waals surface area contributed by atoms with Crippen LogP contribution in [0.25, 0.3) is 10.9 Å². The molecule has 0 bridgehead atoms. The van der Waals surface area contributed by atoms with E-state index in [4.69, 9.17) is 17.3 Å². The Labute approximate surface area is 195 Å². The van der Waals surface area contributed by atoms with E-state index in [0.717, 1.165) is 55.9 Å². The number of hydrogen-bond donors (Lipinski definition) is 2. The lowest BCUT2D eigenvalue weighted by Crippen LogP contribution is -2.46. The summed E-state index contributed by atoms with van der Waals surface area (Å²) in [5, 5.41) is 4.14. The number of benzene rings is 2. The Kier molecular flexibility index (Phi) is 6.81. The summed E-state index contributed by atoms with van der Waals surface area (Å²) in [5.74, 6) is 0.555. The molecule has 0 saturated carbocycles. The Hall–Kier alpha value is -2.78. The standard InChI is InChI=1S/C23H26ClF3N6/c1-2-32-7-9-33(10-8-32)18-3-4-20-19(14-18)21(31-22(24)30-20)29-6-5-15-11-16(23(25,26)27)13-17(28)12-15/h3-4,11-14H,2,5-10,28H2,1H3,(H,29,30,31). The SMILES string of the molecule is CCN1CCN(c2ccc3nc(Cl)nc(NCCc4cc(N)cc(C(F)(F)F)c4)c3c2)CC1. The van der Waals surface area contributed by atoms with Crippen molar-refractivity contribution in [1.82, 2.24) is 14.9 Å². The molecule has 1 saturated heterocycles. The van der Waals surface area contributed by atoms with Gasteiger partial charge in [0.25, 0.3) is 0 Å². The van der Waals surface area contributed by atoms with Crippen LogP contribution >= 0.6 is 11.6 Å². The number of hydrogen-bond acceptors (Lipinski definition) is 6. The lowest BCUT2D eigenvalue weighted by molar-refractivity contribution is -0.137. The number of likely N-dealkylation sites (N-methyl/N-ethyl adjacent to an activating group) is 1. The van der Waals surface area contributed by atoms with Gasteiger partial charge in [-0.1, -0.05) is 6.92 Å². The Morgan fingerprint density at radius 2 is 1.82 bits per heavy atom. The molecule has 0 aliphatic carbocycles. The summed E-state index contributed by atoms with van der Waals surface area (Å²) in [4.78, 5) is 13.4. The molecule has 0 unspecified atom stereocenters. The zero-order valence-corrected chi connectivity index (χ0v) is 19.0. The summed E-state index contributed by atoms with van der Waals surface area (Å²) in [6, 6.07) is 9.60. The number of aromatic nitrogens is 2. The van der Waals surface area contributed by atoms with Gasteiger partial charge in [0.05, 0.1) is 11.1 Å². The highest BCUT2D eigenvalue weighted by Crippen LogP contribution is 2.32. The average molecular weight is 479 g/mol. The number of alkyl halides is 3. The minimum absolute atomic E-state index is 0.0863. The van der Waals surface area contributed by atoms with E-state index in [9.17, 15) is 13.2 Å². The minimum Gasteiger partial charge on any atom is -0.399 e. The van der Waals surface area contributed by atoms with E-state index in [1.54, 1.807) is 6.07 Å². The third-order valence-corrected chi connectivity index (χ3v) is 6.05. The number of halogens is 4. The molecule has 3 aromatic rings. The first-order valence-electron chi connectivity index (χ1n) is 10.9. The third kappa shape index (κ3) is 5.59. The molecular formula is C23H26ClF3N6. The Bertz CT molecular complexity index is 1130. The van der Waals surface area contributed by atoms with Crippen molar-refractivity contribution in [1.29, 1.82) is 0 Å². The Balaban J connectivity index is 1.52. The molecule has 0 radical (unpaired) electrons. The molecule has 0 atom stereocenters. The van der Waals surface area contributed by atoms with E-state index in [-0.39, 0.29) is 11.0 Å². The zero-order chi connectivity index (χ0) is 23.6. The smallest absolute Gasteiger partial charge is 0.399 e. The molecule has 1 aliphatic heterocycles. The van der Waals surface area contributed by atoms with Crippen LogP contribution in [0.2, 0.25) is 5.28 Å². The molecule has 2 aromatic carbocycles. The van der Waals surface area contributed by atoms with Crippen molar-refractivity contribution in [3.8, 4) is 0 Å². The van der Waals surface area contributed by atoms with Crippen molar-refractivity contribution >= 4 is 39.7 Å². The van der Waals surface area contributed by atoms with Crippen LogP contribution in [0.15, 0.2) is 36.4 Å². The minimum atomic E-state index is -4.44. The first-order chi connectivity index (χ1) is 15.7. The summed E-state index contributed by atoms with van der Waals surface area (Å²) in [7, 11) is 0. The molecule has 0 amide bonds. The molecule has 176 valence electrons. The first kappa shape index (κ1) is 23.4. The van der Waals surface area contributed by atoms with Crippen LogP contribution in [0.4, 0.5) is 30.4 Å². The summed E-state index contributed by atoms with van der Waals surface area (Å²) in [6.45, 7) is 7.47. The van der Waals surface area contributed by atoms with Crippen molar-refractivity contribution in [2.45, 2.75) is 19.5 Å². The molecule has 1 fully saturated rings. The topological polar surface area (TPSA) is 70.3 Å². The van der Waals surface area contributed by atoms with E-state index in [1.807, 2.05) is 18.2 Å². The Morgan fingerprint density at radius 1 is 1.06 bits per heavy atom. The van der Waals surface area contributed by atoms with Crippen molar-refractivity contribution in [2.75, 3.05) is 55.2 Å². The normalized spacial score (nSPS) is 15.2. The number of nitrogens with zero attached hydrogens (tertiary/aromatic N) is 4. The van der Waals surface area contributed by atoms with Crippen LogP contribution < -0.4 is 16.0 Å². The van der Waals surface area contributed by atoms with Crippen molar-refractivity contribution in [3.05, 3.63) is 52.8 Å². The number of fused-ring (bicyclic) bond motifs is 1. The summed E-state index contributed by atoms with van der Waals surface area (Å²) >= 11 is 6.11. The van der Waals surface area contributed by atoms with Gasteiger partial charge in [-0.25, -0.2) is 9.97 Å². The summed E-state index contributed by atoms with van der Waals surface area (Å²) in [6.07, 6.45) is -4.09. The second kappa shape index (κ2) is 9.61. The van der Waals surface area contributed by atoms with Crippen molar-refractivity contribution < 1.29 is 13.2 Å². The van der Waals surface area contributed by atoms with E-state index < -0.39 is 11.7 Å². The van der Waals surface area contributed by atoms with Crippen LogP contribution in [0.1, 0.15) is 18.1 Å². The molecular weight excluding hydrogens is 453 g/mol. The molecule has 6 nitrogen and oxygen atoms in total. The molecule has 10 heteroatoms. The van der Waals surface area contributed by atoms with E-state index >= 15 is 0 Å². The number of nitrogen functional groups attached to an aromatic ring is 1. The maximum atomic E-state index is 13.1. The number of nitrogens with one attached hydrogen (secondary N) is 1. The lowest BCUT2D eigenvalue weighted by atomic mass is 10.1. The van der Waals surface area contributed by atoms with Gasteiger partial charge in [0.15, 0.2) is 0 Å². The molecule has 33 heavy (non-hydrogen) atoms. The fourth-order valence-electron chi connectivity index (χ4n) is 4.09. The quantitative estimate of drug-likeness (QED) is 0.396. The van der Waals surface area contributed by atoms with Crippen LogP contribution in [0, 0.1) is 0 Å². The van der Waals surface area contributed by atoms with Crippen molar-refractivity contribution in [2.24, 2.45) is 0 Å². The highest BCUT2D eigenvalue weighted by molar-refractivity contribution is 6.28.